The molecule has 2 unspecified atom stereocenters. The van der Waals surface area contributed by atoms with Crippen LogP contribution in [0, 0.1) is 16.7 Å². The number of para-hydroxylation sites is 1. The maximum atomic E-state index is 12.8. The molecule has 5 aliphatic rings. The third kappa shape index (κ3) is 3.18. The first kappa shape index (κ1) is 19.4. The van der Waals surface area contributed by atoms with Crippen LogP contribution < -0.4 is 10.1 Å². The van der Waals surface area contributed by atoms with Gasteiger partial charge in [0.15, 0.2) is 11.5 Å². The number of aromatic nitrogens is 1. The summed E-state index contributed by atoms with van der Waals surface area (Å²) in [5, 5.41) is 7.01. The fraction of sp³-hybridized carbons (Fsp3) is 0.600. The van der Waals surface area contributed by atoms with Gasteiger partial charge in [-0.2, -0.15) is 0 Å². The molecule has 31 heavy (non-hydrogen) atoms. The molecule has 164 valence electrons. The van der Waals surface area contributed by atoms with E-state index in [9.17, 15) is 4.79 Å². The average Bonchev–Trinajstić information content (AvgIpc) is 3.13. The number of hydrogen-bond acceptors (Lipinski definition) is 5. The SMILES string of the molecule is CC12CC3CC(C)(C1)CC(OCCNC(=O)c1noc4c1COc1ccccc1-4)(C3)C2. The standard InChI is InChI=1S/C25H30N2O4/c1-23-9-16-10-24(2,13-23)15-25(11-16,14-23)30-8-7-26-22(28)20-18-12-29-19-6-4-3-5-17(19)21(18)31-27-20/h3-6,16H,7-15H2,1-2H3,(H,26,28). The van der Waals surface area contributed by atoms with E-state index in [1.54, 1.807) is 0 Å². The van der Waals surface area contributed by atoms with Gasteiger partial charge in [0.1, 0.15) is 12.4 Å². The molecule has 4 bridgehead atoms. The van der Waals surface area contributed by atoms with E-state index in [1.165, 1.54) is 25.7 Å². The number of amides is 1. The Morgan fingerprint density at radius 3 is 2.71 bits per heavy atom. The lowest BCUT2D eigenvalue weighted by molar-refractivity contribution is -0.213. The maximum Gasteiger partial charge on any atom is 0.273 e. The lowest BCUT2D eigenvalue weighted by atomic mass is 9.43. The van der Waals surface area contributed by atoms with Crippen LogP contribution >= 0.6 is 0 Å². The van der Waals surface area contributed by atoms with Gasteiger partial charge in [-0.1, -0.05) is 31.1 Å². The summed E-state index contributed by atoms with van der Waals surface area (Å²) in [6, 6.07) is 7.64. The Balaban J connectivity index is 1.09. The van der Waals surface area contributed by atoms with Crippen LogP contribution in [0.5, 0.6) is 5.75 Å². The van der Waals surface area contributed by atoms with Gasteiger partial charge in [-0.05, 0) is 67.4 Å². The van der Waals surface area contributed by atoms with Crippen molar-refractivity contribution >= 4 is 5.91 Å². The lowest BCUT2D eigenvalue weighted by Crippen LogP contribution is -2.59. The van der Waals surface area contributed by atoms with E-state index in [4.69, 9.17) is 14.0 Å². The smallest absolute Gasteiger partial charge is 0.273 e. The van der Waals surface area contributed by atoms with Gasteiger partial charge in [-0.3, -0.25) is 4.79 Å². The van der Waals surface area contributed by atoms with Crippen molar-refractivity contribution < 1.29 is 18.8 Å². The highest BCUT2D eigenvalue weighted by Crippen LogP contribution is 2.67. The summed E-state index contributed by atoms with van der Waals surface area (Å²) in [4.78, 5) is 12.8. The maximum absolute atomic E-state index is 12.8. The second-order valence-corrected chi connectivity index (χ2v) is 11.0. The first-order valence-corrected chi connectivity index (χ1v) is 11.5. The average molecular weight is 423 g/mol. The number of rotatable bonds is 5. The molecule has 1 aromatic carbocycles. The van der Waals surface area contributed by atoms with Gasteiger partial charge in [-0.15, -0.1) is 0 Å². The minimum atomic E-state index is -0.235. The number of carbonyl (C=O) groups excluding carboxylic acids is 1. The Hall–Kier alpha value is -2.34. The molecule has 4 fully saturated rings. The molecule has 4 aliphatic carbocycles. The summed E-state index contributed by atoms with van der Waals surface area (Å²) >= 11 is 0. The fourth-order valence-corrected chi connectivity index (χ4v) is 7.78. The second-order valence-electron chi connectivity index (χ2n) is 11.0. The second kappa shape index (κ2) is 6.58. The zero-order valence-corrected chi connectivity index (χ0v) is 18.3. The Labute approximate surface area is 182 Å². The zero-order chi connectivity index (χ0) is 21.3. The van der Waals surface area contributed by atoms with Crippen molar-refractivity contribution in [2.75, 3.05) is 13.2 Å². The molecular formula is C25H30N2O4. The number of fused-ring (bicyclic) bond motifs is 3. The molecule has 6 heteroatoms. The van der Waals surface area contributed by atoms with Crippen LogP contribution in [0.2, 0.25) is 0 Å². The molecule has 1 N–H and O–H groups in total. The van der Waals surface area contributed by atoms with Gasteiger partial charge in [0, 0.05) is 6.54 Å². The Bertz CT molecular complexity index is 1030. The van der Waals surface area contributed by atoms with Crippen molar-refractivity contribution in [3.8, 4) is 17.1 Å². The van der Waals surface area contributed by atoms with E-state index < -0.39 is 0 Å². The number of carbonyl (C=O) groups is 1. The summed E-state index contributed by atoms with van der Waals surface area (Å²) in [7, 11) is 0. The van der Waals surface area contributed by atoms with Gasteiger partial charge in [0.2, 0.25) is 0 Å². The van der Waals surface area contributed by atoms with Gasteiger partial charge in [0.25, 0.3) is 5.91 Å². The number of ether oxygens (including phenoxy) is 2. The summed E-state index contributed by atoms with van der Waals surface area (Å²) in [6.45, 7) is 6.19. The predicted octanol–water partition coefficient (Wildman–Crippen LogP) is 4.73. The molecule has 0 radical (unpaired) electrons. The van der Waals surface area contributed by atoms with Crippen LogP contribution in [0.4, 0.5) is 0 Å². The quantitative estimate of drug-likeness (QED) is 0.705. The highest BCUT2D eigenvalue weighted by molar-refractivity contribution is 5.95. The van der Waals surface area contributed by atoms with Crippen molar-refractivity contribution in [2.45, 2.75) is 64.6 Å². The Morgan fingerprint density at radius 2 is 1.94 bits per heavy atom. The molecular weight excluding hydrogens is 392 g/mol. The number of nitrogens with one attached hydrogen (secondary N) is 1. The largest absolute Gasteiger partial charge is 0.488 e. The molecule has 6 nitrogen and oxygen atoms in total. The first-order valence-electron chi connectivity index (χ1n) is 11.5. The monoisotopic (exact) mass is 422 g/mol. The predicted molar refractivity (Wildman–Crippen MR) is 115 cm³/mol. The Kier molecular flexibility index (Phi) is 4.11. The van der Waals surface area contributed by atoms with E-state index in [1.807, 2.05) is 24.3 Å². The van der Waals surface area contributed by atoms with Gasteiger partial charge in [-0.25, -0.2) is 0 Å². The van der Waals surface area contributed by atoms with E-state index in [2.05, 4.69) is 24.3 Å². The van der Waals surface area contributed by atoms with Gasteiger partial charge in [0.05, 0.1) is 23.3 Å². The number of hydrogen-bond donors (Lipinski definition) is 1. The van der Waals surface area contributed by atoms with E-state index in [0.717, 1.165) is 30.1 Å². The van der Waals surface area contributed by atoms with Crippen molar-refractivity contribution in [1.29, 1.82) is 0 Å². The Morgan fingerprint density at radius 1 is 1.16 bits per heavy atom. The van der Waals surface area contributed by atoms with Gasteiger partial charge < -0.3 is 19.3 Å². The number of nitrogens with zero attached hydrogens (tertiary/aromatic N) is 1. The highest BCUT2D eigenvalue weighted by atomic mass is 16.5. The van der Waals surface area contributed by atoms with Gasteiger partial charge >= 0.3 is 0 Å². The lowest BCUT2D eigenvalue weighted by Gasteiger charge is -2.65. The molecule has 1 aromatic heterocycles. The molecule has 1 aliphatic heterocycles. The molecule has 0 saturated heterocycles. The third-order valence-electron chi connectivity index (χ3n) is 7.88. The molecule has 2 heterocycles. The van der Waals surface area contributed by atoms with E-state index in [-0.39, 0.29) is 18.1 Å². The summed E-state index contributed by atoms with van der Waals surface area (Å²) < 4.78 is 17.8. The topological polar surface area (TPSA) is 73.6 Å². The molecule has 2 atom stereocenters. The molecule has 0 spiro atoms. The molecule has 1 amide bonds. The van der Waals surface area contributed by atoms with Crippen LogP contribution in [-0.2, 0) is 11.3 Å². The van der Waals surface area contributed by atoms with Crippen molar-refractivity contribution in [2.24, 2.45) is 16.7 Å². The van der Waals surface area contributed by atoms with Crippen LogP contribution in [0.3, 0.4) is 0 Å². The minimum Gasteiger partial charge on any atom is -0.488 e. The van der Waals surface area contributed by atoms with E-state index >= 15 is 0 Å². The normalized spacial score (nSPS) is 34.7. The van der Waals surface area contributed by atoms with E-state index in [0.29, 0.717) is 41.0 Å². The van der Waals surface area contributed by atoms with Crippen molar-refractivity contribution in [3.05, 3.63) is 35.5 Å². The first-order chi connectivity index (χ1) is 14.9. The van der Waals surface area contributed by atoms with Crippen LogP contribution in [0.15, 0.2) is 28.8 Å². The van der Waals surface area contributed by atoms with Crippen molar-refractivity contribution in [1.82, 2.24) is 10.5 Å². The highest BCUT2D eigenvalue weighted by Gasteiger charge is 2.60. The summed E-state index contributed by atoms with van der Waals surface area (Å²) in [5.74, 6) is 1.94. The third-order valence-corrected chi connectivity index (χ3v) is 7.88. The molecule has 2 aromatic rings. The zero-order valence-electron chi connectivity index (χ0n) is 18.3. The minimum absolute atomic E-state index is 0.00174. The molecule has 7 rings (SSSR count). The van der Waals surface area contributed by atoms with Crippen molar-refractivity contribution in [3.63, 3.8) is 0 Å². The molecule has 4 saturated carbocycles. The number of benzene rings is 1. The van der Waals surface area contributed by atoms with Crippen LogP contribution in [-0.4, -0.2) is 29.8 Å². The fourth-order valence-electron chi connectivity index (χ4n) is 7.78. The summed E-state index contributed by atoms with van der Waals surface area (Å²) in [5.41, 5.74) is 2.69. The van der Waals surface area contributed by atoms with Crippen LogP contribution in [0.25, 0.3) is 11.3 Å². The summed E-state index contributed by atoms with van der Waals surface area (Å²) in [6.07, 6.45) is 7.54. The van der Waals surface area contributed by atoms with Crippen LogP contribution in [0.1, 0.15) is 68.4 Å².